The summed E-state index contributed by atoms with van der Waals surface area (Å²) in [6.07, 6.45) is 1.94. The highest BCUT2D eigenvalue weighted by Gasteiger charge is 2.25. The summed E-state index contributed by atoms with van der Waals surface area (Å²) in [5.41, 5.74) is 3.73. The van der Waals surface area contributed by atoms with Crippen LogP contribution in [0.4, 0.5) is 0 Å². The Hall–Kier alpha value is -1.75. The van der Waals surface area contributed by atoms with Gasteiger partial charge in [0.2, 0.25) is 0 Å². The number of fused-ring (bicyclic) bond motifs is 1. The predicted octanol–water partition coefficient (Wildman–Crippen LogP) is 3.99. The van der Waals surface area contributed by atoms with E-state index in [1.807, 2.05) is 6.20 Å². The highest BCUT2D eigenvalue weighted by molar-refractivity contribution is 9.10. The molecule has 1 aliphatic rings. The molecule has 0 aliphatic carbocycles. The molecule has 4 rings (SSSR count). The van der Waals surface area contributed by atoms with Gasteiger partial charge in [-0.15, -0.1) is 0 Å². The Morgan fingerprint density at radius 1 is 0.958 bits per heavy atom. The van der Waals surface area contributed by atoms with Gasteiger partial charge < -0.3 is 5.32 Å². The lowest BCUT2D eigenvalue weighted by molar-refractivity contribution is 0.199. The maximum Gasteiger partial charge on any atom is 0.0705 e. The Morgan fingerprint density at radius 3 is 2.50 bits per heavy atom. The molecule has 0 amide bonds. The molecule has 2 aromatic carbocycles. The van der Waals surface area contributed by atoms with Gasteiger partial charge in [-0.1, -0.05) is 46.3 Å². The molecule has 0 radical (unpaired) electrons. The van der Waals surface area contributed by atoms with Crippen LogP contribution in [0.25, 0.3) is 10.9 Å². The molecule has 1 atom stereocenters. The van der Waals surface area contributed by atoms with Gasteiger partial charge >= 0.3 is 0 Å². The van der Waals surface area contributed by atoms with Crippen LogP contribution >= 0.6 is 15.9 Å². The number of aromatic nitrogens is 1. The van der Waals surface area contributed by atoms with E-state index in [2.05, 4.69) is 85.7 Å². The highest BCUT2D eigenvalue weighted by atomic mass is 79.9. The van der Waals surface area contributed by atoms with Crippen molar-refractivity contribution in [3.05, 3.63) is 76.4 Å². The first-order valence-electron chi connectivity index (χ1n) is 8.37. The molecule has 1 fully saturated rings. The number of hydrogen-bond donors (Lipinski definition) is 1. The van der Waals surface area contributed by atoms with Crippen LogP contribution < -0.4 is 5.32 Å². The molecular formula is C20H20BrN3. The van der Waals surface area contributed by atoms with E-state index in [9.17, 15) is 0 Å². The standard InChI is InChI=1S/C20H20BrN3/c21-16-7-5-15(6-8-16)20(24-13-11-22-12-14-24)18-9-10-23-19-4-2-1-3-17(18)19/h1-10,20,22H,11-14H2. The van der Waals surface area contributed by atoms with Crippen LogP contribution in [0.2, 0.25) is 0 Å². The van der Waals surface area contributed by atoms with E-state index in [4.69, 9.17) is 0 Å². The second-order valence-corrected chi connectivity index (χ2v) is 7.07. The van der Waals surface area contributed by atoms with Crippen LogP contribution in [-0.4, -0.2) is 36.1 Å². The highest BCUT2D eigenvalue weighted by Crippen LogP contribution is 2.33. The van der Waals surface area contributed by atoms with Gasteiger partial charge in [0, 0.05) is 42.2 Å². The molecule has 24 heavy (non-hydrogen) atoms. The molecule has 4 heteroatoms. The number of pyridine rings is 1. The first kappa shape index (κ1) is 15.8. The first-order valence-corrected chi connectivity index (χ1v) is 9.16. The Kier molecular flexibility index (Phi) is 4.60. The van der Waals surface area contributed by atoms with Gasteiger partial charge in [-0.2, -0.15) is 0 Å². The summed E-state index contributed by atoms with van der Waals surface area (Å²) in [6.45, 7) is 4.18. The monoisotopic (exact) mass is 381 g/mol. The summed E-state index contributed by atoms with van der Waals surface area (Å²) < 4.78 is 1.12. The number of nitrogens with zero attached hydrogens (tertiary/aromatic N) is 2. The second kappa shape index (κ2) is 7.01. The first-order chi connectivity index (χ1) is 11.8. The van der Waals surface area contributed by atoms with Gasteiger partial charge in [-0.3, -0.25) is 9.88 Å². The average molecular weight is 382 g/mol. The van der Waals surface area contributed by atoms with Gasteiger partial charge in [0.05, 0.1) is 11.6 Å². The van der Waals surface area contributed by atoms with E-state index < -0.39 is 0 Å². The molecule has 0 spiro atoms. The molecular weight excluding hydrogens is 362 g/mol. The van der Waals surface area contributed by atoms with Crippen LogP contribution in [0.1, 0.15) is 17.2 Å². The number of piperazine rings is 1. The van der Waals surface area contributed by atoms with Gasteiger partial charge in [0.1, 0.15) is 0 Å². The van der Waals surface area contributed by atoms with Gasteiger partial charge in [-0.25, -0.2) is 0 Å². The largest absolute Gasteiger partial charge is 0.314 e. The van der Waals surface area contributed by atoms with Crippen molar-refractivity contribution in [1.29, 1.82) is 0 Å². The molecule has 2 heterocycles. The summed E-state index contributed by atoms with van der Waals surface area (Å²) >= 11 is 3.55. The Bertz CT molecular complexity index is 820. The third kappa shape index (κ3) is 3.09. The minimum atomic E-state index is 0.257. The molecule has 122 valence electrons. The number of halogens is 1. The Labute approximate surface area is 150 Å². The topological polar surface area (TPSA) is 28.2 Å². The minimum Gasteiger partial charge on any atom is -0.314 e. The van der Waals surface area contributed by atoms with Crippen LogP contribution in [-0.2, 0) is 0 Å². The van der Waals surface area contributed by atoms with Crippen molar-refractivity contribution in [3.63, 3.8) is 0 Å². The summed E-state index contributed by atoms with van der Waals surface area (Å²) in [5, 5.41) is 4.70. The number of benzene rings is 2. The average Bonchev–Trinajstić information content (AvgIpc) is 2.65. The summed E-state index contributed by atoms with van der Waals surface area (Å²) in [6, 6.07) is 19.6. The van der Waals surface area contributed by atoms with E-state index in [1.165, 1.54) is 16.5 Å². The van der Waals surface area contributed by atoms with Crippen LogP contribution in [0.15, 0.2) is 65.3 Å². The maximum absolute atomic E-state index is 4.54. The molecule has 0 bridgehead atoms. The zero-order valence-corrected chi connectivity index (χ0v) is 15.0. The fraction of sp³-hybridized carbons (Fsp3) is 0.250. The zero-order chi connectivity index (χ0) is 16.4. The number of nitrogens with one attached hydrogen (secondary N) is 1. The number of rotatable bonds is 3. The summed E-state index contributed by atoms with van der Waals surface area (Å²) in [4.78, 5) is 7.11. The normalized spacial score (nSPS) is 17.0. The van der Waals surface area contributed by atoms with Crippen LogP contribution in [0.5, 0.6) is 0 Å². The van der Waals surface area contributed by atoms with E-state index in [0.29, 0.717) is 0 Å². The third-order valence-electron chi connectivity index (χ3n) is 4.68. The van der Waals surface area contributed by atoms with Crippen molar-refractivity contribution < 1.29 is 0 Å². The molecule has 1 N–H and O–H groups in total. The minimum absolute atomic E-state index is 0.257. The lowest BCUT2D eigenvalue weighted by atomic mass is 9.94. The Morgan fingerprint density at radius 2 is 1.71 bits per heavy atom. The molecule has 1 aliphatic heterocycles. The number of hydrogen-bond acceptors (Lipinski definition) is 3. The zero-order valence-electron chi connectivity index (χ0n) is 13.5. The maximum atomic E-state index is 4.54. The Balaban J connectivity index is 1.86. The fourth-order valence-electron chi connectivity index (χ4n) is 3.53. The quantitative estimate of drug-likeness (QED) is 0.743. The van der Waals surface area contributed by atoms with Crippen molar-refractivity contribution in [1.82, 2.24) is 15.2 Å². The summed E-state index contributed by atoms with van der Waals surface area (Å²) in [7, 11) is 0. The fourth-order valence-corrected chi connectivity index (χ4v) is 3.79. The second-order valence-electron chi connectivity index (χ2n) is 6.16. The van der Waals surface area contributed by atoms with Crippen LogP contribution in [0, 0.1) is 0 Å². The smallest absolute Gasteiger partial charge is 0.0705 e. The third-order valence-corrected chi connectivity index (χ3v) is 5.21. The predicted molar refractivity (Wildman–Crippen MR) is 102 cm³/mol. The van der Waals surface area contributed by atoms with Gasteiger partial charge in [0.15, 0.2) is 0 Å². The SMILES string of the molecule is Brc1ccc(C(c2ccnc3ccccc23)N2CCNCC2)cc1. The van der Waals surface area contributed by atoms with Crippen molar-refractivity contribution >= 4 is 26.8 Å². The van der Waals surface area contributed by atoms with Crippen molar-refractivity contribution in [3.8, 4) is 0 Å². The molecule has 1 saturated heterocycles. The van der Waals surface area contributed by atoms with Crippen molar-refractivity contribution in [2.75, 3.05) is 26.2 Å². The van der Waals surface area contributed by atoms with E-state index >= 15 is 0 Å². The van der Waals surface area contributed by atoms with Crippen LogP contribution in [0.3, 0.4) is 0 Å². The molecule has 3 nitrogen and oxygen atoms in total. The molecule has 1 unspecified atom stereocenters. The summed E-state index contributed by atoms with van der Waals surface area (Å²) in [5.74, 6) is 0. The lowest BCUT2D eigenvalue weighted by Gasteiger charge is -2.36. The lowest BCUT2D eigenvalue weighted by Crippen LogP contribution is -2.45. The van der Waals surface area contributed by atoms with E-state index in [-0.39, 0.29) is 6.04 Å². The molecule has 0 saturated carbocycles. The van der Waals surface area contributed by atoms with Crippen molar-refractivity contribution in [2.24, 2.45) is 0 Å². The van der Waals surface area contributed by atoms with Gasteiger partial charge in [-0.05, 0) is 35.4 Å². The molecule has 3 aromatic rings. The number of para-hydroxylation sites is 1. The van der Waals surface area contributed by atoms with Crippen molar-refractivity contribution in [2.45, 2.75) is 6.04 Å². The molecule has 1 aromatic heterocycles. The van der Waals surface area contributed by atoms with Gasteiger partial charge in [0.25, 0.3) is 0 Å². The van der Waals surface area contributed by atoms with E-state index in [0.717, 1.165) is 36.2 Å². The van der Waals surface area contributed by atoms with E-state index in [1.54, 1.807) is 0 Å².